The molecule has 0 aliphatic heterocycles. The molecule has 7 heteroatoms. The van der Waals surface area contributed by atoms with Crippen molar-refractivity contribution in [3.8, 4) is 17.2 Å². The molecular formula is C19H19F2NO4. The van der Waals surface area contributed by atoms with Crippen LogP contribution in [0.4, 0.5) is 14.5 Å². The normalized spacial score (nSPS) is 10.8. The smallest absolute Gasteiger partial charge is 0.387 e. The maximum Gasteiger partial charge on any atom is 0.387 e. The SMILES string of the molecule is CCOc1cc(C=CC(=O)Nc2ccccc2OC)ccc1OC(F)F. The van der Waals surface area contributed by atoms with Crippen molar-refractivity contribution in [1.29, 1.82) is 0 Å². The van der Waals surface area contributed by atoms with E-state index in [0.29, 0.717) is 23.6 Å². The van der Waals surface area contributed by atoms with E-state index in [1.165, 1.54) is 25.3 Å². The highest BCUT2D eigenvalue weighted by Gasteiger charge is 2.11. The van der Waals surface area contributed by atoms with E-state index in [4.69, 9.17) is 9.47 Å². The number of ether oxygens (including phenoxy) is 3. The quantitative estimate of drug-likeness (QED) is 0.709. The van der Waals surface area contributed by atoms with E-state index in [1.54, 1.807) is 43.3 Å². The second kappa shape index (κ2) is 9.41. The van der Waals surface area contributed by atoms with Gasteiger partial charge < -0.3 is 19.5 Å². The number of nitrogens with one attached hydrogen (secondary N) is 1. The lowest BCUT2D eigenvalue weighted by Gasteiger charge is -2.11. The van der Waals surface area contributed by atoms with Gasteiger partial charge in [0.05, 0.1) is 19.4 Å². The first-order valence-corrected chi connectivity index (χ1v) is 7.87. The number of anilines is 1. The Labute approximate surface area is 150 Å². The number of amides is 1. The van der Waals surface area contributed by atoms with Crippen molar-refractivity contribution in [2.24, 2.45) is 0 Å². The fourth-order valence-corrected chi connectivity index (χ4v) is 2.18. The maximum atomic E-state index is 12.4. The van der Waals surface area contributed by atoms with Crippen LogP contribution in [0.3, 0.4) is 0 Å². The monoisotopic (exact) mass is 363 g/mol. The molecule has 0 aliphatic carbocycles. The van der Waals surface area contributed by atoms with Gasteiger partial charge in [-0.2, -0.15) is 8.78 Å². The van der Waals surface area contributed by atoms with Gasteiger partial charge in [0.25, 0.3) is 0 Å². The van der Waals surface area contributed by atoms with E-state index in [0.717, 1.165) is 0 Å². The van der Waals surface area contributed by atoms with E-state index in [-0.39, 0.29) is 17.4 Å². The van der Waals surface area contributed by atoms with Gasteiger partial charge in [0, 0.05) is 6.08 Å². The molecule has 0 aliphatic rings. The Morgan fingerprint density at radius 1 is 1.15 bits per heavy atom. The Morgan fingerprint density at radius 2 is 1.92 bits per heavy atom. The van der Waals surface area contributed by atoms with Crippen LogP contribution in [-0.2, 0) is 4.79 Å². The van der Waals surface area contributed by atoms with E-state index in [2.05, 4.69) is 10.1 Å². The molecule has 0 bridgehead atoms. The third kappa shape index (κ3) is 5.47. The molecule has 2 aromatic rings. The number of hydrogen-bond donors (Lipinski definition) is 1. The Balaban J connectivity index is 2.11. The number of hydrogen-bond acceptors (Lipinski definition) is 4. The molecule has 0 saturated carbocycles. The standard InChI is InChI=1S/C19H19F2NO4/c1-3-25-17-12-13(8-10-16(17)26-19(20)21)9-11-18(23)22-14-6-4-5-7-15(14)24-2/h4-12,19H,3H2,1-2H3,(H,22,23). The lowest BCUT2D eigenvalue weighted by Crippen LogP contribution is -2.08. The number of methoxy groups -OCH3 is 1. The summed E-state index contributed by atoms with van der Waals surface area (Å²) in [6.07, 6.45) is 2.87. The van der Waals surface area contributed by atoms with Crippen molar-refractivity contribution < 1.29 is 27.8 Å². The Morgan fingerprint density at radius 3 is 2.62 bits per heavy atom. The number of rotatable bonds is 8. The first-order valence-electron chi connectivity index (χ1n) is 7.87. The fourth-order valence-electron chi connectivity index (χ4n) is 2.18. The predicted molar refractivity (Wildman–Crippen MR) is 94.9 cm³/mol. The van der Waals surface area contributed by atoms with Crippen LogP contribution in [0.2, 0.25) is 0 Å². The summed E-state index contributed by atoms with van der Waals surface area (Å²) in [5.41, 5.74) is 1.14. The van der Waals surface area contributed by atoms with Gasteiger partial charge >= 0.3 is 6.61 Å². The van der Waals surface area contributed by atoms with Crippen molar-refractivity contribution in [1.82, 2.24) is 0 Å². The third-order valence-electron chi connectivity index (χ3n) is 3.28. The van der Waals surface area contributed by atoms with Crippen LogP contribution in [0, 0.1) is 0 Å². The van der Waals surface area contributed by atoms with Gasteiger partial charge in [-0.05, 0) is 42.8 Å². The molecule has 2 aromatic carbocycles. The van der Waals surface area contributed by atoms with Gasteiger partial charge in [-0.25, -0.2) is 0 Å². The molecule has 0 radical (unpaired) electrons. The Hall–Kier alpha value is -3.09. The van der Waals surface area contributed by atoms with Crippen LogP contribution >= 0.6 is 0 Å². The summed E-state index contributed by atoms with van der Waals surface area (Å²) < 4.78 is 39.7. The second-order valence-electron chi connectivity index (χ2n) is 5.04. The van der Waals surface area contributed by atoms with Crippen molar-refractivity contribution in [2.45, 2.75) is 13.5 Å². The zero-order valence-corrected chi connectivity index (χ0v) is 14.4. The summed E-state index contributed by atoms with van der Waals surface area (Å²) in [5.74, 6) is 0.305. The summed E-state index contributed by atoms with van der Waals surface area (Å²) in [6, 6.07) is 11.5. The summed E-state index contributed by atoms with van der Waals surface area (Å²) in [5, 5.41) is 2.70. The fraction of sp³-hybridized carbons (Fsp3) is 0.211. The molecule has 0 unspecified atom stereocenters. The molecule has 0 spiro atoms. The molecular weight excluding hydrogens is 344 g/mol. The van der Waals surface area contributed by atoms with Gasteiger partial charge in [-0.15, -0.1) is 0 Å². The minimum absolute atomic E-state index is 0.0579. The maximum absolute atomic E-state index is 12.4. The zero-order valence-electron chi connectivity index (χ0n) is 14.4. The molecule has 2 rings (SSSR count). The highest BCUT2D eigenvalue weighted by molar-refractivity contribution is 6.02. The molecule has 1 N–H and O–H groups in total. The average Bonchev–Trinajstić information content (AvgIpc) is 2.62. The van der Waals surface area contributed by atoms with Crippen LogP contribution in [-0.4, -0.2) is 26.2 Å². The minimum atomic E-state index is -2.94. The van der Waals surface area contributed by atoms with Crippen LogP contribution in [0.15, 0.2) is 48.5 Å². The highest BCUT2D eigenvalue weighted by Crippen LogP contribution is 2.30. The Kier molecular flexibility index (Phi) is 6.96. The predicted octanol–water partition coefficient (Wildman–Crippen LogP) is 4.35. The number of carbonyl (C=O) groups excluding carboxylic acids is 1. The van der Waals surface area contributed by atoms with Gasteiger partial charge in [0.15, 0.2) is 11.5 Å². The summed E-state index contributed by atoms with van der Waals surface area (Å²) in [4.78, 5) is 12.1. The van der Waals surface area contributed by atoms with Crippen molar-refractivity contribution in [3.63, 3.8) is 0 Å². The van der Waals surface area contributed by atoms with Crippen molar-refractivity contribution >= 4 is 17.7 Å². The molecule has 0 saturated heterocycles. The average molecular weight is 363 g/mol. The van der Waals surface area contributed by atoms with Crippen molar-refractivity contribution in [2.75, 3.05) is 19.0 Å². The first-order chi connectivity index (χ1) is 12.5. The number of benzene rings is 2. The summed E-state index contributed by atoms with van der Waals surface area (Å²) >= 11 is 0. The molecule has 0 atom stereocenters. The van der Waals surface area contributed by atoms with Gasteiger partial charge in [0.1, 0.15) is 5.75 Å². The molecule has 26 heavy (non-hydrogen) atoms. The van der Waals surface area contributed by atoms with E-state index in [9.17, 15) is 13.6 Å². The minimum Gasteiger partial charge on any atom is -0.495 e. The van der Waals surface area contributed by atoms with Gasteiger partial charge in [-0.1, -0.05) is 18.2 Å². The molecule has 138 valence electrons. The molecule has 0 fully saturated rings. The van der Waals surface area contributed by atoms with Crippen LogP contribution in [0.1, 0.15) is 12.5 Å². The number of halogens is 2. The van der Waals surface area contributed by atoms with Crippen molar-refractivity contribution in [3.05, 3.63) is 54.1 Å². The molecule has 0 heterocycles. The van der Waals surface area contributed by atoms with E-state index < -0.39 is 6.61 Å². The third-order valence-corrected chi connectivity index (χ3v) is 3.28. The first kappa shape index (κ1) is 19.2. The zero-order chi connectivity index (χ0) is 18.9. The molecule has 1 amide bonds. The number of carbonyl (C=O) groups is 1. The Bertz CT molecular complexity index is 778. The largest absolute Gasteiger partial charge is 0.495 e. The second-order valence-corrected chi connectivity index (χ2v) is 5.04. The van der Waals surface area contributed by atoms with Gasteiger partial charge in [0.2, 0.25) is 5.91 Å². The summed E-state index contributed by atoms with van der Waals surface area (Å²) in [6.45, 7) is -0.918. The lowest BCUT2D eigenvalue weighted by atomic mass is 10.2. The summed E-state index contributed by atoms with van der Waals surface area (Å²) in [7, 11) is 1.51. The van der Waals surface area contributed by atoms with Gasteiger partial charge in [-0.3, -0.25) is 4.79 Å². The topological polar surface area (TPSA) is 56.8 Å². The molecule has 0 aromatic heterocycles. The van der Waals surface area contributed by atoms with E-state index >= 15 is 0 Å². The molecule has 5 nitrogen and oxygen atoms in total. The van der Waals surface area contributed by atoms with Crippen LogP contribution in [0.5, 0.6) is 17.2 Å². The number of para-hydroxylation sites is 2. The number of alkyl halides is 2. The van der Waals surface area contributed by atoms with Crippen LogP contribution < -0.4 is 19.5 Å². The lowest BCUT2D eigenvalue weighted by molar-refractivity contribution is -0.111. The highest BCUT2D eigenvalue weighted by atomic mass is 19.3. The van der Waals surface area contributed by atoms with E-state index in [1.807, 2.05) is 0 Å². The van der Waals surface area contributed by atoms with Crippen LogP contribution in [0.25, 0.3) is 6.08 Å².